The van der Waals surface area contributed by atoms with Crippen LogP contribution in [0.5, 0.6) is 0 Å². The molecule has 0 bridgehead atoms. The molecule has 1 amide bonds. The Kier molecular flexibility index (Phi) is 5.42. The predicted molar refractivity (Wildman–Crippen MR) is 74.8 cm³/mol. The van der Waals surface area contributed by atoms with E-state index in [1.54, 1.807) is 4.90 Å². The number of carbonyl (C=O) groups is 2. The molecule has 2 fully saturated rings. The van der Waals surface area contributed by atoms with Crippen molar-refractivity contribution in [2.45, 2.75) is 38.7 Å². The maximum Gasteiger partial charge on any atom is 0.303 e. The van der Waals surface area contributed by atoms with E-state index in [0.717, 1.165) is 19.6 Å². The quantitative estimate of drug-likeness (QED) is 0.561. The van der Waals surface area contributed by atoms with Gasteiger partial charge in [-0.3, -0.25) is 14.5 Å². The summed E-state index contributed by atoms with van der Waals surface area (Å²) in [5.74, 6) is 5.66. The monoisotopic (exact) mass is 278 g/mol. The van der Waals surface area contributed by atoms with Crippen LogP contribution in [0.15, 0.2) is 0 Å². The van der Waals surface area contributed by atoms with Crippen molar-refractivity contribution in [2.24, 2.45) is 0 Å². The zero-order chi connectivity index (χ0) is 14.4. The molecule has 2 aliphatic heterocycles. The van der Waals surface area contributed by atoms with E-state index in [1.807, 2.05) is 0 Å². The van der Waals surface area contributed by atoms with Gasteiger partial charge in [0.1, 0.15) is 0 Å². The molecular weight excluding hydrogens is 256 g/mol. The molecule has 2 saturated heterocycles. The molecule has 0 saturated carbocycles. The van der Waals surface area contributed by atoms with E-state index in [9.17, 15) is 9.59 Å². The number of hydrogen-bond donors (Lipinski definition) is 0. The summed E-state index contributed by atoms with van der Waals surface area (Å²) < 4.78 is 4.97. The number of carbonyl (C=O) groups excluding carboxylic acids is 2. The van der Waals surface area contributed by atoms with Gasteiger partial charge < -0.3 is 9.64 Å². The molecule has 1 unspecified atom stereocenters. The molecule has 0 radical (unpaired) electrons. The van der Waals surface area contributed by atoms with Gasteiger partial charge >= 0.3 is 5.97 Å². The number of likely N-dealkylation sites (tertiary alicyclic amines) is 2. The Bertz CT molecular complexity index is 419. The number of piperidine rings is 1. The van der Waals surface area contributed by atoms with Crippen molar-refractivity contribution >= 4 is 11.9 Å². The minimum atomic E-state index is -0.601. The van der Waals surface area contributed by atoms with E-state index >= 15 is 0 Å². The molecule has 110 valence electrons. The van der Waals surface area contributed by atoms with Crippen LogP contribution in [0.1, 0.15) is 32.6 Å². The number of esters is 1. The SMILES string of the molecule is CC(=O)OC1CCN(CC#CCN2CCCCC2)C1=O. The third-order valence-corrected chi connectivity index (χ3v) is 3.70. The van der Waals surface area contributed by atoms with Gasteiger partial charge in [-0.25, -0.2) is 0 Å². The molecular formula is C15H22N2O3. The molecule has 2 heterocycles. The average Bonchev–Trinajstić information content (AvgIpc) is 2.77. The van der Waals surface area contributed by atoms with Gasteiger partial charge in [-0.05, 0) is 25.9 Å². The van der Waals surface area contributed by atoms with E-state index in [-0.39, 0.29) is 5.91 Å². The third-order valence-electron chi connectivity index (χ3n) is 3.70. The molecule has 0 aromatic heterocycles. The van der Waals surface area contributed by atoms with E-state index in [1.165, 1.54) is 26.2 Å². The Morgan fingerprint density at radius 3 is 2.60 bits per heavy atom. The first-order valence-corrected chi connectivity index (χ1v) is 7.31. The van der Waals surface area contributed by atoms with E-state index in [0.29, 0.717) is 19.5 Å². The highest BCUT2D eigenvalue weighted by Gasteiger charge is 2.33. The van der Waals surface area contributed by atoms with Gasteiger partial charge in [-0.15, -0.1) is 0 Å². The van der Waals surface area contributed by atoms with Crippen molar-refractivity contribution in [3.8, 4) is 11.8 Å². The summed E-state index contributed by atoms with van der Waals surface area (Å²) in [5, 5.41) is 0. The van der Waals surface area contributed by atoms with Crippen LogP contribution in [0, 0.1) is 11.8 Å². The number of rotatable bonds is 3. The van der Waals surface area contributed by atoms with Crippen molar-refractivity contribution in [2.75, 3.05) is 32.7 Å². The fourth-order valence-corrected chi connectivity index (χ4v) is 2.61. The van der Waals surface area contributed by atoms with Crippen LogP contribution < -0.4 is 0 Å². The summed E-state index contributed by atoms with van der Waals surface area (Å²) in [5.41, 5.74) is 0. The lowest BCUT2D eigenvalue weighted by Crippen LogP contribution is -2.32. The van der Waals surface area contributed by atoms with Crippen molar-refractivity contribution in [1.29, 1.82) is 0 Å². The number of amides is 1. The second-order valence-electron chi connectivity index (χ2n) is 5.34. The van der Waals surface area contributed by atoms with Crippen LogP contribution in [-0.2, 0) is 14.3 Å². The highest BCUT2D eigenvalue weighted by atomic mass is 16.5. The highest BCUT2D eigenvalue weighted by molar-refractivity contribution is 5.85. The van der Waals surface area contributed by atoms with Crippen molar-refractivity contribution in [3.63, 3.8) is 0 Å². The molecule has 0 aromatic carbocycles. The fourth-order valence-electron chi connectivity index (χ4n) is 2.61. The van der Waals surface area contributed by atoms with Gasteiger partial charge in [0.2, 0.25) is 0 Å². The van der Waals surface area contributed by atoms with Crippen LogP contribution in [0.25, 0.3) is 0 Å². The van der Waals surface area contributed by atoms with Gasteiger partial charge in [-0.2, -0.15) is 0 Å². The maximum absolute atomic E-state index is 11.9. The fraction of sp³-hybridized carbons (Fsp3) is 0.733. The average molecular weight is 278 g/mol. The van der Waals surface area contributed by atoms with Crippen LogP contribution in [0.4, 0.5) is 0 Å². The largest absolute Gasteiger partial charge is 0.452 e. The molecule has 0 aromatic rings. The van der Waals surface area contributed by atoms with Crippen LogP contribution >= 0.6 is 0 Å². The second-order valence-corrected chi connectivity index (χ2v) is 5.34. The van der Waals surface area contributed by atoms with Gasteiger partial charge in [0, 0.05) is 19.9 Å². The van der Waals surface area contributed by atoms with Crippen LogP contribution in [0.3, 0.4) is 0 Å². The molecule has 20 heavy (non-hydrogen) atoms. The first kappa shape index (κ1) is 14.9. The summed E-state index contributed by atoms with van der Waals surface area (Å²) in [4.78, 5) is 26.8. The molecule has 5 heteroatoms. The first-order valence-electron chi connectivity index (χ1n) is 7.31. The lowest BCUT2D eigenvalue weighted by atomic mass is 10.1. The maximum atomic E-state index is 11.9. The van der Waals surface area contributed by atoms with Crippen molar-refractivity contribution in [1.82, 2.24) is 9.80 Å². The van der Waals surface area contributed by atoms with Crippen LogP contribution in [-0.4, -0.2) is 60.5 Å². The Balaban J connectivity index is 1.72. The smallest absolute Gasteiger partial charge is 0.303 e. The Labute approximate surface area is 120 Å². The van der Waals surface area contributed by atoms with Gasteiger partial charge in [0.25, 0.3) is 5.91 Å². The Morgan fingerprint density at radius 2 is 1.90 bits per heavy atom. The van der Waals surface area contributed by atoms with Crippen molar-refractivity contribution in [3.05, 3.63) is 0 Å². The second kappa shape index (κ2) is 7.30. The summed E-state index contributed by atoms with van der Waals surface area (Å²) in [6.07, 6.45) is 3.82. The van der Waals surface area contributed by atoms with Gasteiger partial charge in [-0.1, -0.05) is 18.3 Å². The Hall–Kier alpha value is -1.54. The summed E-state index contributed by atoms with van der Waals surface area (Å²) >= 11 is 0. The number of hydrogen-bond acceptors (Lipinski definition) is 4. The molecule has 1 atom stereocenters. The van der Waals surface area contributed by atoms with E-state index < -0.39 is 12.1 Å². The topological polar surface area (TPSA) is 49.9 Å². The lowest BCUT2D eigenvalue weighted by molar-refractivity contribution is -0.154. The van der Waals surface area contributed by atoms with Crippen LogP contribution in [0.2, 0.25) is 0 Å². The standard InChI is InChI=1S/C15H22N2O3/c1-13(18)20-14-7-12-17(15(14)19)11-6-5-10-16-8-3-2-4-9-16/h14H,2-4,7-12H2,1H3. The zero-order valence-corrected chi connectivity index (χ0v) is 12.1. The lowest BCUT2D eigenvalue weighted by Gasteiger charge is -2.23. The molecule has 2 rings (SSSR count). The molecule has 2 aliphatic rings. The molecule has 0 aliphatic carbocycles. The first-order chi connectivity index (χ1) is 9.66. The minimum absolute atomic E-state index is 0.118. The molecule has 0 N–H and O–H groups in total. The summed E-state index contributed by atoms with van der Waals surface area (Å²) in [6.45, 7) is 5.43. The number of nitrogens with zero attached hydrogens (tertiary/aromatic N) is 2. The normalized spacial score (nSPS) is 23.4. The van der Waals surface area contributed by atoms with Crippen molar-refractivity contribution < 1.29 is 14.3 Å². The third kappa shape index (κ3) is 4.24. The molecule has 5 nitrogen and oxygen atoms in total. The molecule has 0 spiro atoms. The summed E-state index contributed by atoms with van der Waals surface area (Å²) in [7, 11) is 0. The van der Waals surface area contributed by atoms with Gasteiger partial charge in [0.15, 0.2) is 6.10 Å². The number of ether oxygens (including phenoxy) is 1. The van der Waals surface area contributed by atoms with Gasteiger partial charge in [0.05, 0.1) is 13.1 Å². The van der Waals surface area contributed by atoms with E-state index in [4.69, 9.17) is 4.74 Å². The highest BCUT2D eigenvalue weighted by Crippen LogP contribution is 2.14. The summed E-state index contributed by atoms with van der Waals surface area (Å²) in [6, 6.07) is 0. The zero-order valence-electron chi connectivity index (χ0n) is 12.1. The Morgan fingerprint density at radius 1 is 1.20 bits per heavy atom. The minimum Gasteiger partial charge on any atom is -0.452 e. The predicted octanol–water partition coefficient (Wildman–Crippen LogP) is 0.640. The van der Waals surface area contributed by atoms with E-state index in [2.05, 4.69) is 16.7 Å².